The molecule has 0 spiro atoms. The summed E-state index contributed by atoms with van der Waals surface area (Å²) in [4.78, 5) is 37.2. The molecule has 0 saturated heterocycles. The molecule has 0 aliphatic carbocycles. The smallest absolute Gasteiger partial charge is 0.407 e. The van der Waals surface area contributed by atoms with Crippen molar-refractivity contribution in [3.05, 3.63) is 102 Å². The lowest BCUT2D eigenvalue weighted by Gasteiger charge is -2.16. The molecule has 11 nitrogen and oxygen atoms in total. The van der Waals surface area contributed by atoms with E-state index in [9.17, 15) is 14.4 Å². The number of hydrogen-bond acceptors (Lipinski definition) is 9. The van der Waals surface area contributed by atoms with Crippen molar-refractivity contribution in [3.8, 4) is 5.75 Å². The van der Waals surface area contributed by atoms with Crippen LogP contribution in [0.15, 0.2) is 84.9 Å². The molecule has 0 heterocycles. The Kier molecular flexibility index (Phi) is 13.2. The third-order valence-corrected chi connectivity index (χ3v) is 5.50. The van der Waals surface area contributed by atoms with Crippen molar-refractivity contribution in [2.24, 2.45) is 11.7 Å². The Morgan fingerprint density at radius 2 is 1.49 bits per heavy atom. The number of nitrogens with one attached hydrogen (secondary N) is 2. The lowest BCUT2D eigenvalue weighted by Crippen LogP contribution is -2.31. The number of alkyl carbamates (subject to hydrolysis) is 1. The number of carbonyl (C=O) groups excluding carboxylic acids is 3. The normalized spacial score (nSPS) is 11.3. The van der Waals surface area contributed by atoms with Crippen LogP contribution in [-0.2, 0) is 26.3 Å². The van der Waals surface area contributed by atoms with E-state index < -0.39 is 28.1 Å². The van der Waals surface area contributed by atoms with Crippen LogP contribution >= 0.6 is 0 Å². The highest BCUT2D eigenvalue weighted by molar-refractivity contribution is 7.84. The predicted molar refractivity (Wildman–Crippen MR) is 151 cm³/mol. The SMILES string of the molecule is CS(=O)(=O)[O-].N=C(N)C(CCNC(=O)OCc1ccccc1)CCC(=O)Oc1ccccc1C(=O)c1ccccc1. The molecule has 12 heteroatoms. The first-order valence-corrected chi connectivity index (χ1v) is 14.3. The molecule has 0 fully saturated rings. The average molecular weight is 583 g/mol. The van der Waals surface area contributed by atoms with E-state index in [4.69, 9.17) is 33.6 Å². The molecule has 218 valence electrons. The summed E-state index contributed by atoms with van der Waals surface area (Å²) in [7, 11) is -3.92. The molecule has 3 aromatic carbocycles. The summed E-state index contributed by atoms with van der Waals surface area (Å²) >= 11 is 0. The van der Waals surface area contributed by atoms with E-state index in [0.717, 1.165) is 5.56 Å². The van der Waals surface area contributed by atoms with Gasteiger partial charge in [0, 0.05) is 30.7 Å². The molecule has 3 aromatic rings. The monoisotopic (exact) mass is 582 g/mol. The minimum atomic E-state index is -3.92. The van der Waals surface area contributed by atoms with Crippen molar-refractivity contribution in [2.45, 2.75) is 25.9 Å². The minimum Gasteiger partial charge on any atom is -0.748 e. The number of carbonyl (C=O) groups is 3. The summed E-state index contributed by atoms with van der Waals surface area (Å²) in [6.07, 6.45) is 0.666. The number of nitrogens with two attached hydrogens (primary N) is 1. The molecule has 0 radical (unpaired) electrons. The van der Waals surface area contributed by atoms with Gasteiger partial charge in [0.25, 0.3) is 0 Å². The molecule has 4 N–H and O–H groups in total. The molecule has 0 saturated carbocycles. The summed E-state index contributed by atoms with van der Waals surface area (Å²) in [6.45, 7) is 0.393. The van der Waals surface area contributed by atoms with Crippen LogP contribution < -0.4 is 15.8 Å². The summed E-state index contributed by atoms with van der Waals surface area (Å²) in [5.74, 6) is -1.11. The molecule has 0 aromatic heterocycles. The van der Waals surface area contributed by atoms with Crippen LogP contribution in [-0.4, -0.2) is 49.5 Å². The molecule has 3 rings (SSSR count). The molecular weight excluding hydrogens is 550 g/mol. The molecule has 0 aliphatic heterocycles. The largest absolute Gasteiger partial charge is 0.748 e. The van der Waals surface area contributed by atoms with E-state index in [0.29, 0.717) is 23.8 Å². The highest BCUT2D eigenvalue weighted by Gasteiger charge is 2.19. The van der Waals surface area contributed by atoms with Gasteiger partial charge >= 0.3 is 12.1 Å². The third kappa shape index (κ3) is 13.4. The van der Waals surface area contributed by atoms with Gasteiger partial charge in [-0.2, -0.15) is 0 Å². The summed E-state index contributed by atoms with van der Waals surface area (Å²) in [5, 5.41) is 10.5. The van der Waals surface area contributed by atoms with E-state index in [1.54, 1.807) is 48.5 Å². The standard InChI is InChI=1S/C28H29N3O5.CH4O3S/c29-27(30)22(17-18-31-28(34)35-19-20-9-3-1-4-10-20)15-16-25(32)36-24-14-8-7-13-23(24)26(33)21-11-5-2-6-12-21;1-5(2,3)4/h1-14,22H,15-19H2,(H3,29,30)(H,31,34);1H3,(H,2,3,4)/p-1. The van der Waals surface area contributed by atoms with E-state index in [1.807, 2.05) is 36.4 Å². The predicted octanol–water partition coefficient (Wildman–Crippen LogP) is 3.63. The van der Waals surface area contributed by atoms with Gasteiger partial charge in [-0.25, -0.2) is 13.2 Å². The maximum absolute atomic E-state index is 12.8. The number of hydrogen-bond donors (Lipinski definition) is 3. The summed E-state index contributed by atoms with van der Waals surface area (Å²) < 4.78 is 37.9. The molecule has 41 heavy (non-hydrogen) atoms. The number of ketones is 1. The maximum atomic E-state index is 12.8. The van der Waals surface area contributed by atoms with Crippen molar-refractivity contribution in [1.29, 1.82) is 5.41 Å². The number of esters is 1. The zero-order chi connectivity index (χ0) is 30.3. The van der Waals surface area contributed by atoms with Crippen LogP contribution in [0.5, 0.6) is 5.75 Å². The van der Waals surface area contributed by atoms with E-state index >= 15 is 0 Å². The Labute approximate surface area is 238 Å². The highest BCUT2D eigenvalue weighted by Crippen LogP contribution is 2.23. The zero-order valence-electron chi connectivity index (χ0n) is 22.4. The van der Waals surface area contributed by atoms with Crippen molar-refractivity contribution in [1.82, 2.24) is 5.32 Å². The maximum Gasteiger partial charge on any atom is 0.407 e. The van der Waals surface area contributed by atoms with Gasteiger partial charge in [0.2, 0.25) is 0 Å². The lowest BCUT2D eigenvalue weighted by molar-refractivity contribution is -0.134. The van der Waals surface area contributed by atoms with Crippen molar-refractivity contribution in [2.75, 3.05) is 12.8 Å². The van der Waals surface area contributed by atoms with Crippen LogP contribution in [0.3, 0.4) is 0 Å². The second-order valence-corrected chi connectivity index (χ2v) is 10.2. The highest BCUT2D eigenvalue weighted by atomic mass is 32.2. The summed E-state index contributed by atoms with van der Waals surface area (Å²) in [6, 6.07) is 24.6. The van der Waals surface area contributed by atoms with E-state index in [1.165, 1.54) is 0 Å². The first kappa shape index (κ1) is 32.7. The van der Waals surface area contributed by atoms with Gasteiger partial charge in [0.15, 0.2) is 5.78 Å². The van der Waals surface area contributed by atoms with Gasteiger partial charge in [-0.15, -0.1) is 0 Å². The fraction of sp³-hybridized carbons (Fsp3) is 0.241. The Morgan fingerprint density at radius 3 is 2.10 bits per heavy atom. The minimum absolute atomic E-state index is 0.00341. The average Bonchev–Trinajstić information content (AvgIpc) is 2.93. The number of amidine groups is 1. The molecule has 1 amide bonds. The van der Waals surface area contributed by atoms with Crippen LogP contribution in [0.1, 0.15) is 40.7 Å². The molecule has 1 unspecified atom stereocenters. The number of ether oxygens (including phenoxy) is 2. The second kappa shape index (κ2) is 16.5. The fourth-order valence-electron chi connectivity index (χ4n) is 3.53. The van der Waals surface area contributed by atoms with E-state index in [2.05, 4.69) is 5.32 Å². The fourth-order valence-corrected chi connectivity index (χ4v) is 3.53. The first-order chi connectivity index (χ1) is 19.4. The number of para-hydroxylation sites is 1. The number of amides is 1. The van der Waals surface area contributed by atoms with Gasteiger partial charge in [0.05, 0.1) is 21.5 Å². The van der Waals surface area contributed by atoms with Crippen LogP contribution in [0.4, 0.5) is 4.79 Å². The Balaban J connectivity index is 0.00000108. The first-order valence-electron chi connectivity index (χ1n) is 12.5. The second-order valence-electron chi connectivity index (χ2n) is 8.84. The van der Waals surface area contributed by atoms with Gasteiger partial charge in [-0.3, -0.25) is 15.0 Å². The number of benzene rings is 3. The van der Waals surface area contributed by atoms with Crippen molar-refractivity contribution in [3.63, 3.8) is 0 Å². The van der Waals surface area contributed by atoms with Gasteiger partial charge < -0.3 is 25.1 Å². The van der Waals surface area contributed by atoms with Gasteiger partial charge in [-0.1, -0.05) is 72.8 Å². The van der Waals surface area contributed by atoms with Crippen LogP contribution in [0.25, 0.3) is 0 Å². The zero-order valence-corrected chi connectivity index (χ0v) is 23.3. The Bertz CT molecular complexity index is 1410. The quantitative estimate of drug-likeness (QED) is 0.0715. The number of rotatable bonds is 12. The molecule has 0 bridgehead atoms. The van der Waals surface area contributed by atoms with Gasteiger partial charge in [-0.05, 0) is 30.5 Å². The molecular formula is C29H32N3O8S-. The Morgan fingerprint density at radius 1 is 0.927 bits per heavy atom. The van der Waals surface area contributed by atoms with Gasteiger partial charge in [0.1, 0.15) is 12.4 Å². The Hall–Kier alpha value is -4.55. The van der Waals surface area contributed by atoms with Crippen LogP contribution in [0.2, 0.25) is 0 Å². The lowest BCUT2D eigenvalue weighted by atomic mass is 9.98. The third-order valence-electron chi connectivity index (χ3n) is 5.50. The summed E-state index contributed by atoms with van der Waals surface area (Å²) in [5.41, 5.74) is 7.36. The van der Waals surface area contributed by atoms with Crippen molar-refractivity contribution < 1.29 is 36.8 Å². The topological polar surface area (TPSA) is 189 Å². The molecule has 0 aliphatic rings. The van der Waals surface area contributed by atoms with Crippen LogP contribution in [0, 0.1) is 11.3 Å². The van der Waals surface area contributed by atoms with Crippen molar-refractivity contribution >= 4 is 33.8 Å². The van der Waals surface area contributed by atoms with E-state index in [-0.39, 0.29) is 43.4 Å². The molecule has 1 atom stereocenters.